The lowest BCUT2D eigenvalue weighted by Gasteiger charge is -2.09. The van der Waals surface area contributed by atoms with Gasteiger partial charge in [-0.15, -0.1) is 0 Å². The largest absolute Gasteiger partial charge is 0.497 e. The van der Waals surface area contributed by atoms with Gasteiger partial charge in [-0.3, -0.25) is 0 Å². The molecule has 0 heterocycles. The lowest BCUT2D eigenvalue weighted by Crippen LogP contribution is -1.91. The van der Waals surface area contributed by atoms with Crippen LogP contribution >= 0.6 is 0 Å². The molecular formula is C21H23NO. The number of methoxy groups -OCH3 is 1. The fourth-order valence-electron chi connectivity index (χ4n) is 2.25. The molecule has 0 aromatic heterocycles. The van der Waals surface area contributed by atoms with Crippen LogP contribution in [0.3, 0.4) is 0 Å². The molecule has 118 valence electrons. The van der Waals surface area contributed by atoms with Crippen molar-refractivity contribution in [3.05, 3.63) is 78.9 Å². The van der Waals surface area contributed by atoms with Crippen LogP contribution in [0.25, 0.3) is 11.1 Å². The van der Waals surface area contributed by atoms with E-state index in [0.717, 1.165) is 17.1 Å². The maximum Gasteiger partial charge on any atom is 0.119 e. The van der Waals surface area contributed by atoms with Crippen LogP contribution in [0.4, 0.5) is 11.4 Å². The minimum Gasteiger partial charge on any atom is -0.497 e. The zero-order valence-electron chi connectivity index (χ0n) is 13.9. The first-order chi connectivity index (χ1) is 11.3. The zero-order chi connectivity index (χ0) is 16.5. The van der Waals surface area contributed by atoms with E-state index < -0.39 is 0 Å². The first-order valence-electron chi connectivity index (χ1n) is 7.92. The molecule has 3 aromatic rings. The highest BCUT2D eigenvalue weighted by Crippen LogP contribution is 2.25. The number of hydrogen-bond acceptors (Lipinski definition) is 2. The normalized spacial score (nSPS) is 9.52. The lowest BCUT2D eigenvalue weighted by atomic mass is 10.1. The second kappa shape index (κ2) is 8.64. The molecule has 0 unspecified atom stereocenters. The Morgan fingerprint density at radius 1 is 0.652 bits per heavy atom. The van der Waals surface area contributed by atoms with E-state index in [0.29, 0.717) is 0 Å². The molecule has 0 aliphatic carbocycles. The highest BCUT2D eigenvalue weighted by Gasteiger charge is 2.00. The Hall–Kier alpha value is -2.74. The van der Waals surface area contributed by atoms with Crippen LogP contribution in [0, 0.1) is 0 Å². The second-order valence-electron chi connectivity index (χ2n) is 4.80. The third-order valence-electron chi connectivity index (χ3n) is 3.35. The molecule has 0 saturated carbocycles. The van der Waals surface area contributed by atoms with Gasteiger partial charge >= 0.3 is 0 Å². The van der Waals surface area contributed by atoms with Crippen LogP contribution in [-0.2, 0) is 0 Å². The van der Waals surface area contributed by atoms with E-state index in [1.807, 2.05) is 44.2 Å². The fourth-order valence-corrected chi connectivity index (χ4v) is 2.25. The highest BCUT2D eigenvalue weighted by molar-refractivity contribution is 5.70. The summed E-state index contributed by atoms with van der Waals surface area (Å²) < 4.78 is 5.17. The molecular weight excluding hydrogens is 282 g/mol. The quantitative estimate of drug-likeness (QED) is 0.626. The van der Waals surface area contributed by atoms with Crippen molar-refractivity contribution >= 4 is 11.4 Å². The van der Waals surface area contributed by atoms with Crippen LogP contribution in [0.2, 0.25) is 0 Å². The first kappa shape index (κ1) is 16.6. The van der Waals surface area contributed by atoms with Crippen molar-refractivity contribution in [1.29, 1.82) is 0 Å². The van der Waals surface area contributed by atoms with E-state index in [9.17, 15) is 0 Å². The van der Waals surface area contributed by atoms with Crippen molar-refractivity contribution in [2.75, 3.05) is 12.4 Å². The molecule has 0 amide bonds. The molecule has 23 heavy (non-hydrogen) atoms. The van der Waals surface area contributed by atoms with Crippen molar-refractivity contribution in [2.45, 2.75) is 13.8 Å². The number of benzene rings is 3. The van der Waals surface area contributed by atoms with Crippen LogP contribution in [-0.4, -0.2) is 7.11 Å². The van der Waals surface area contributed by atoms with Gasteiger partial charge in [-0.05, 0) is 47.5 Å². The smallest absolute Gasteiger partial charge is 0.119 e. The van der Waals surface area contributed by atoms with Crippen molar-refractivity contribution in [3.63, 3.8) is 0 Å². The van der Waals surface area contributed by atoms with E-state index >= 15 is 0 Å². The Balaban J connectivity index is 0.000000924. The first-order valence-corrected chi connectivity index (χ1v) is 7.92. The average Bonchev–Trinajstić information content (AvgIpc) is 2.65. The summed E-state index contributed by atoms with van der Waals surface area (Å²) in [7, 11) is 1.67. The Labute approximate surface area is 138 Å². The predicted octanol–water partition coefficient (Wildman–Crippen LogP) is 6.13. The standard InChI is InChI=1S/C19H17NO.C2H6/c1-21-19-12-10-17(11-13-19)20-18-9-5-8-16(14-18)15-6-3-2-4-7-15;1-2/h2-14,20H,1H3;1-2H3. The summed E-state index contributed by atoms with van der Waals surface area (Å²) in [4.78, 5) is 0. The molecule has 3 rings (SSSR count). The topological polar surface area (TPSA) is 21.3 Å². The van der Waals surface area contributed by atoms with Gasteiger partial charge in [0.05, 0.1) is 7.11 Å². The number of anilines is 2. The molecule has 0 spiro atoms. The minimum absolute atomic E-state index is 0.860. The van der Waals surface area contributed by atoms with E-state index in [-0.39, 0.29) is 0 Å². The maximum atomic E-state index is 5.17. The summed E-state index contributed by atoms with van der Waals surface area (Å²) in [6, 6.07) is 26.7. The predicted molar refractivity (Wildman–Crippen MR) is 99.5 cm³/mol. The molecule has 0 aliphatic heterocycles. The van der Waals surface area contributed by atoms with Crippen LogP contribution in [0.15, 0.2) is 78.9 Å². The minimum atomic E-state index is 0.860. The molecule has 2 nitrogen and oxygen atoms in total. The van der Waals surface area contributed by atoms with Gasteiger partial charge in [0.2, 0.25) is 0 Å². The summed E-state index contributed by atoms with van der Waals surface area (Å²) >= 11 is 0. The van der Waals surface area contributed by atoms with Crippen LogP contribution < -0.4 is 10.1 Å². The molecule has 2 heteroatoms. The van der Waals surface area contributed by atoms with Crippen molar-refractivity contribution in [3.8, 4) is 16.9 Å². The third kappa shape index (κ3) is 4.62. The van der Waals surface area contributed by atoms with E-state index in [1.54, 1.807) is 7.11 Å². The van der Waals surface area contributed by atoms with Gasteiger partial charge < -0.3 is 10.1 Å². The van der Waals surface area contributed by atoms with Gasteiger partial charge in [0, 0.05) is 11.4 Å². The van der Waals surface area contributed by atoms with Gasteiger partial charge in [-0.2, -0.15) is 0 Å². The van der Waals surface area contributed by atoms with E-state index in [4.69, 9.17) is 4.74 Å². The Kier molecular flexibility index (Phi) is 6.25. The summed E-state index contributed by atoms with van der Waals surface area (Å²) in [5.74, 6) is 0.860. The van der Waals surface area contributed by atoms with Crippen LogP contribution in [0.5, 0.6) is 5.75 Å². The Morgan fingerprint density at radius 2 is 1.30 bits per heavy atom. The van der Waals surface area contributed by atoms with Crippen molar-refractivity contribution in [2.24, 2.45) is 0 Å². The summed E-state index contributed by atoms with van der Waals surface area (Å²) in [6.45, 7) is 4.00. The lowest BCUT2D eigenvalue weighted by molar-refractivity contribution is 0.415. The maximum absolute atomic E-state index is 5.17. The number of hydrogen-bond donors (Lipinski definition) is 1. The summed E-state index contributed by atoms with van der Waals surface area (Å²) in [6.07, 6.45) is 0. The fraction of sp³-hybridized carbons (Fsp3) is 0.143. The molecule has 0 radical (unpaired) electrons. The SMILES string of the molecule is CC.COc1ccc(Nc2cccc(-c3ccccc3)c2)cc1. The van der Waals surface area contributed by atoms with E-state index in [2.05, 4.69) is 53.8 Å². The number of ether oxygens (including phenoxy) is 1. The van der Waals surface area contributed by atoms with Gasteiger partial charge in [0.15, 0.2) is 0 Å². The molecule has 0 fully saturated rings. The Bertz CT molecular complexity index is 705. The highest BCUT2D eigenvalue weighted by atomic mass is 16.5. The average molecular weight is 305 g/mol. The molecule has 0 aliphatic rings. The number of rotatable bonds is 4. The summed E-state index contributed by atoms with van der Waals surface area (Å²) in [5, 5.41) is 3.41. The van der Waals surface area contributed by atoms with Crippen molar-refractivity contribution in [1.82, 2.24) is 0 Å². The molecule has 3 aromatic carbocycles. The molecule has 0 bridgehead atoms. The third-order valence-corrected chi connectivity index (χ3v) is 3.35. The zero-order valence-corrected chi connectivity index (χ0v) is 13.9. The number of nitrogens with one attached hydrogen (secondary N) is 1. The molecule has 0 atom stereocenters. The second-order valence-corrected chi connectivity index (χ2v) is 4.80. The van der Waals surface area contributed by atoms with Crippen LogP contribution in [0.1, 0.15) is 13.8 Å². The summed E-state index contributed by atoms with van der Waals surface area (Å²) in [5.41, 5.74) is 4.53. The Morgan fingerprint density at radius 3 is 1.96 bits per heavy atom. The van der Waals surface area contributed by atoms with Gasteiger partial charge in [-0.25, -0.2) is 0 Å². The van der Waals surface area contributed by atoms with Gasteiger partial charge in [-0.1, -0.05) is 56.3 Å². The molecule has 1 N–H and O–H groups in total. The van der Waals surface area contributed by atoms with Crippen molar-refractivity contribution < 1.29 is 4.74 Å². The van der Waals surface area contributed by atoms with Gasteiger partial charge in [0.25, 0.3) is 0 Å². The van der Waals surface area contributed by atoms with Gasteiger partial charge in [0.1, 0.15) is 5.75 Å². The molecule has 0 saturated heterocycles. The van der Waals surface area contributed by atoms with E-state index in [1.165, 1.54) is 11.1 Å². The monoisotopic (exact) mass is 305 g/mol.